The van der Waals surface area contributed by atoms with E-state index in [1.807, 2.05) is 0 Å². The molecule has 2 saturated heterocycles. The SMILES string of the molecule is COCC1ONC(c2ccc3c(c2)CC[C@H]3NC(=O)c2cccc(CO)c2F)[N+]12CCCCCCC2. The summed E-state index contributed by atoms with van der Waals surface area (Å²) in [5.74, 6) is -1.12. The zero-order valence-electron chi connectivity index (χ0n) is 21.0. The third-order valence-corrected chi connectivity index (χ3v) is 8.22. The Morgan fingerprint density at radius 1 is 1.19 bits per heavy atom. The number of methoxy groups -OCH3 is 1. The van der Waals surface area contributed by atoms with Crippen molar-refractivity contribution in [2.24, 2.45) is 0 Å². The summed E-state index contributed by atoms with van der Waals surface area (Å²) in [5.41, 5.74) is 6.93. The Balaban J connectivity index is 1.37. The number of benzene rings is 2. The van der Waals surface area contributed by atoms with E-state index in [-0.39, 0.29) is 29.6 Å². The van der Waals surface area contributed by atoms with Crippen LogP contribution in [-0.4, -0.2) is 48.5 Å². The molecule has 5 rings (SSSR count). The van der Waals surface area contributed by atoms with Crippen LogP contribution in [0.25, 0.3) is 0 Å². The van der Waals surface area contributed by atoms with E-state index in [2.05, 4.69) is 29.0 Å². The van der Waals surface area contributed by atoms with Crippen molar-refractivity contribution < 1.29 is 28.3 Å². The summed E-state index contributed by atoms with van der Waals surface area (Å²) in [6.45, 7) is 2.22. The molecule has 2 fully saturated rings. The third kappa shape index (κ3) is 4.68. The van der Waals surface area contributed by atoms with Crippen molar-refractivity contribution in [1.29, 1.82) is 0 Å². The van der Waals surface area contributed by atoms with Gasteiger partial charge in [-0.2, -0.15) is 0 Å². The molecule has 2 aliphatic heterocycles. The Morgan fingerprint density at radius 2 is 1.97 bits per heavy atom. The van der Waals surface area contributed by atoms with Gasteiger partial charge in [0, 0.05) is 18.2 Å². The van der Waals surface area contributed by atoms with Gasteiger partial charge in [-0.3, -0.25) is 9.28 Å². The number of fused-ring (bicyclic) bond motifs is 1. The second-order valence-corrected chi connectivity index (χ2v) is 10.3. The van der Waals surface area contributed by atoms with Gasteiger partial charge in [-0.05, 0) is 61.8 Å². The van der Waals surface area contributed by atoms with Gasteiger partial charge in [-0.1, -0.05) is 30.7 Å². The highest BCUT2D eigenvalue weighted by molar-refractivity contribution is 5.95. The van der Waals surface area contributed by atoms with Gasteiger partial charge in [0.05, 0.1) is 31.3 Å². The van der Waals surface area contributed by atoms with Gasteiger partial charge in [-0.25, -0.2) is 9.23 Å². The van der Waals surface area contributed by atoms with Gasteiger partial charge in [0.15, 0.2) is 6.17 Å². The first-order valence-corrected chi connectivity index (χ1v) is 13.2. The van der Waals surface area contributed by atoms with Crippen LogP contribution in [0.4, 0.5) is 4.39 Å². The van der Waals surface area contributed by atoms with E-state index in [0.29, 0.717) is 6.61 Å². The number of quaternary nitrogens is 1. The van der Waals surface area contributed by atoms with Gasteiger partial charge in [-0.15, -0.1) is 5.48 Å². The summed E-state index contributed by atoms with van der Waals surface area (Å²) in [7, 11) is 1.73. The number of amides is 1. The van der Waals surface area contributed by atoms with Crippen molar-refractivity contribution in [3.05, 3.63) is 70.0 Å². The quantitative estimate of drug-likeness (QED) is 0.525. The van der Waals surface area contributed by atoms with Crippen LogP contribution in [0.5, 0.6) is 0 Å². The molecular weight excluding hydrogens is 461 g/mol. The molecule has 8 heteroatoms. The molecule has 1 aliphatic carbocycles. The van der Waals surface area contributed by atoms with Gasteiger partial charge < -0.3 is 15.2 Å². The summed E-state index contributed by atoms with van der Waals surface area (Å²) in [6, 6.07) is 10.9. The lowest BCUT2D eigenvalue weighted by molar-refractivity contribution is -0.977. The van der Waals surface area contributed by atoms with Gasteiger partial charge in [0.1, 0.15) is 12.4 Å². The average molecular weight is 499 g/mol. The topological polar surface area (TPSA) is 79.8 Å². The van der Waals surface area contributed by atoms with E-state index in [9.17, 15) is 14.3 Å². The molecule has 3 atom stereocenters. The van der Waals surface area contributed by atoms with E-state index in [1.54, 1.807) is 13.2 Å². The fourth-order valence-corrected chi connectivity index (χ4v) is 6.28. The number of rotatable bonds is 6. The zero-order chi connectivity index (χ0) is 25.1. The molecule has 2 unspecified atom stereocenters. The fraction of sp³-hybridized carbons (Fsp3) is 0.536. The van der Waals surface area contributed by atoms with Crippen molar-refractivity contribution >= 4 is 5.91 Å². The fourth-order valence-electron chi connectivity index (χ4n) is 6.28. The molecule has 2 aromatic rings. The number of carbonyl (C=O) groups is 1. The summed E-state index contributed by atoms with van der Waals surface area (Å²) >= 11 is 0. The first-order valence-electron chi connectivity index (χ1n) is 13.2. The number of nitrogens with zero attached hydrogens (tertiary/aromatic N) is 1. The highest BCUT2D eigenvalue weighted by Gasteiger charge is 2.51. The monoisotopic (exact) mass is 498 g/mol. The molecule has 194 valence electrons. The Hall–Kier alpha value is -2.36. The molecule has 1 amide bonds. The Labute approximate surface area is 212 Å². The number of halogens is 1. The van der Waals surface area contributed by atoms with E-state index in [4.69, 9.17) is 9.57 Å². The van der Waals surface area contributed by atoms with Crippen LogP contribution in [0.15, 0.2) is 36.4 Å². The molecule has 2 heterocycles. The number of nitrogens with one attached hydrogen (secondary N) is 2. The van der Waals surface area contributed by atoms with Crippen LogP contribution in [0.1, 0.15) is 83.3 Å². The van der Waals surface area contributed by atoms with E-state index in [0.717, 1.165) is 36.0 Å². The minimum atomic E-state index is -0.661. The molecule has 1 spiro atoms. The summed E-state index contributed by atoms with van der Waals surface area (Å²) in [4.78, 5) is 19.0. The number of aliphatic hydroxyl groups excluding tert-OH is 1. The lowest BCUT2D eigenvalue weighted by atomic mass is 9.99. The second-order valence-electron chi connectivity index (χ2n) is 10.3. The molecule has 36 heavy (non-hydrogen) atoms. The van der Waals surface area contributed by atoms with Crippen LogP contribution >= 0.6 is 0 Å². The molecule has 3 aliphatic rings. The van der Waals surface area contributed by atoms with Crippen LogP contribution in [-0.2, 0) is 22.6 Å². The van der Waals surface area contributed by atoms with Gasteiger partial charge in [0.25, 0.3) is 5.91 Å². The number of hydrogen-bond acceptors (Lipinski definition) is 5. The number of aryl methyl sites for hydroxylation is 1. The van der Waals surface area contributed by atoms with Crippen molar-refractivity contribution in [2.45, 2.75) is 70.0 Å². The third-order valence-electron chi connectivity index (χ3n) is 8.22. The number of hydroxylamine groups is 1. The van der Waals surface area contributed by atoms with Crippen molar-refractivity contribution in [3.63, 3.8) is 0 Å². The summed E-state index contributed by atoms with van der Waals surface area (Å²) in [5, 5.41) is 12.3. The van der Waals surface area contributed by atoms with E-state index in [1.165, 1.54) is 55.4 Å². The summed E-state index contributed by atoms with van der Waals surface area (Å²) < 4.78 is 21.0. The molecule has 0 bridgehead atoms. The van der Waals surface area contributed by atoms with E-state index >= 15 is 0 Å². The predicted octanol–water partition coefficient (Wildman–Crippen LogP) is 4.02. The summed E-state index contributed by atoms with van der Waals surface area (Å²) in [6.07, 6.45) is 7.77. The van der Waals surface area contributed by atoms with Crippen LogP contribution < -0.4 is 10.8 Å². The number of carbonyl (C=O) groups excluding carboxylic acids is 1. The molecule has 0 saturated carbocycles. The van der Waals surface area contributed by atoms with Crippen LogP contribution in [0, 0.1) is 5.82 Å². The minimum Gasteiger partial charge on any atom is -0.392 e. The van der Waals surface area contributed by atoms with Crippen molar-refractivity contribution in [1.82, 2.24) is 10.8 Å². The van der Waals surface area contributed by atoms with Crippen LogP contribution in [0.2, 0.25) is 0 Å². The zero-order valence-corrected chi connectivity index (χ0v) is 21.0. The maximum atomic E-state index is 14.6. The van der Waals surface area contributed by atoms with E-state index < -0.39 is 18.3 Å². The second kappa shape index (κ2) is 10.9. The van der Waals surface area contributed by atoms with Gasteiger partial charge in [0.2, 0.25) is 6.23 Å². The standard InChI is InChI=1S/C28H36FN3O4/c1-35-18-25-32(14-5-3-2-4-6-15-32)27(31-36-25)20-10-12-22-19(16-20)11-13-24(22)30-28(34)23-9-7-8-21(17-33)26(23)29/h7-10,12,16,24-25,27,31,33H,2-6,11,13-15,17-18H2,1H3/p+1/t24-,25?,27?/m1/s1. The minimum absolute atomic E-state index is 0.0355. The van der Waals surface area contributed by atoms with Crippen molar-refractivity contribution in [2.75, 3.05) is 26.8 Å². The number of hydrogen-bond donors (Lipinski definition) is 3. The lowest BCUT2D eigenvalue weighted by Crippen LogP contribution is -2.57. The Bertz CT molecular complexity index is 1090. The lowest BCUT2D eigenvalue weighted by Gasteiger charge is -2.42. The smallest absolute Gasteiger partial charge is 0.254 e. The van der Waals surface area contributed by atoms with Crippen LogP contribution in [0.3, 0.4) is 0 Å². The Kier molecular flexibility index (Phi) is 7.69. The first-order chi connectivity index (χ1) is 17.6. The molecular formula is C28H37FN3O4+. The molecule has 3 N–H and O–H groups in total. The normalized spacial score (nSPS) is 25.4. The maximum absolute atomic E-state index is 14.6. The Morgan fingerprint density at radius 3 is 2.72 bits per heavy atom. The predicted molar refractivity (Wildman–Crippen MR) is 133 cm³/mol. The van der Waals surface area contributed by atoms with Crippen molar-refractivity contribution in [3.8, 4) is 0 Å². The molecule has 0 radical (unpaired) electrons. The maximum Gasteiger partial charge on any atom is 0.254 e. The van der Waals surface area contributed by atoms with Gasteiger partial charge >= 0.3 is 0 Å². The molecule has 7 nitrogen and oxygen atoms in total. The number of aliphatic hydroxyl groups is 1. The number of ether oxygens (including phenoxy) is 1. The highest BCUT2D eigenvalue weighted by Crippen LogP contribution is 2.40. The largest absolute Gasteiger partial charge is 0.392 e. The molecule has 2 aromatic carbocycles. The first kappa shape index (κ1) is 25.3. The highest BCUT2D eigenvalue weighted by atomic mass is 19.1. The molecule has 0 aromatic heterocycles. The average Bonchev–Trinajstić information content (AvgIpc) is 3.43.